The van der Waals surface area contributed by atoms with Crippen LogP contribution in [0, 0.1) is 5.82 Å². The van der Waals surface area contributed by atoms with Gasteiger partial charge in [-0.05, 0) is 43.6 Å². The summed E-state index contributed by atoms with van der Waals surface area (Å²) in [7, 11) is 1.86. The van der Waals surface area contributed by atoms with Crippen molar-refractivity contribution in [3.8, 4) is 0 Å². The number of hydrogen-bond donors (Lipinski definition) is 1. The van der Waals surface area contributed by atoms with Gasteiger partial charge in [0.15, 0.2) is 0 Å². The summed E-state index contributed by atoms with van der Waals surface area (Å²) < 4.78 is 12.8. The summed E-state index contributed by atoms with van der Waals surface area (Å²) in [6.07, 6.45) is 2.36. The van der Waals surface area contributed by atoms with Crippen molar-refractivity contribution in [3.63, 3.8) is 0 Å². The van der Waals surface area contributed by atoms with E-state index in [-0.39, 0.29) is 24.1 Å². The number of halogens is 2. The molecule has 0 radical (unpaired) electrons. The molecule has 1 fully saturated rings. The summed E-state index contributed by atoms with van der Waals surface area (Å²) in [4.78, 5) is 13.9. The van der Waals surface area contributed by atoms with E-state index in [1.165, 1.54) is 12.1 Å². The molecule has 0 aliphatic carbocycles. The van der Waals surface area contributed by atoms with Crippen LogP contribution in [0.4, 0.5) is 4.39 Å². The number of rotatable bonds is 3. The van der Waals surface area contributed by atoms with Gasteiger partial charge in [0.1, 0.15) is 5.82 Å². The van der Waals surface area contributed by atoms with Crippen LogP contribution in [0.3, 0.4) is 0 Å². The number of benzene rings is 1. The van der Waals surface area contributed by atoms with Gasteiger partial charge >= 0.3 is 0 Å². The van der Waals surface area contributed by atoms with Crippen LogP contribution < -0.4 is 5.32 Å². The second-order valence-corrected chi connectivity index (χ2v) is 4.79. The molecule has 0 saturated carbocycles. The van der Waals surface area contributed by atoms with Gasteiger partial charge in [0.25, 0.3) is 0 Å². The summed E-state index contributed by atoms with van der Waals surface area (Å²) in [5, 5.41) is 3.28. The number of hydrogen-bond acceptors (Lipinski definition) is 2. The Morgan fingerprint density at radius 3 is 2.47 bits per heavy atom. The molecule has 1 heterocycles. The zero-order valence-corrected chi connectivity index (χ0v) is 11.9. The molecule has 1 saturated heterocycles. The Balaban J connectivity index is 0.00000180. The zero-order valence-electron chi connectivity index (χ0n) is 11.1. The fourth-order valence-electron chi connectivity index (χ4n) is 2.30. The normalized spacial score (nSPS) is 15.7. The Bertz CT molecular complexity index is 404. The minimum Gasteiger partial charge on any atom is -0.342 e. The van der Waals surface area contributed by atoms with Crippen LogP contribution in [0.25, 0.3) is 0 Å². The lowest BCUT2D eigenvalue weighted by Crippen LogP contribution is -2.44. The third-order valence-corrected chi connectivity index (χ3v) is 3.52. The average molecular weight is 287 g/mol. The monoisotopic (exact) mass is 286 g/mol. The van der Waals surface area contributed by atoms with Crippen molar-refractivity contribution < 1.29 is 9.18 Å². The minimum absolute atomic E-state index is 0. The molecule has 1 aromatic carbocycles. The van der Waals surface area contributed by atoms with E-state index in [2.05, 4.69) is 5.32 Å². The molecule has 0 spiro atoms. The Kier molecular flexibility index (Phi) is 6.25. The third kappa shape index (κ3) is 4.48. The molecule has 19 heavy (non-hydrogen) atoms. The largest absolute Gasteiger partial charge is 0.342 e. The first kappa shape index (κ1) is 15.9. The Hall–Kier alpha value is -1.13. The van der Waals surface area contributed by atoms with E-state index in [1.807, 2.05) is 11.9 Å². The fourth-order valence-corrected chi connectivity index (χ4v) is 2.30. The second-order valence-electron chi connectivity index (χ2n) is 4.79. The molecule has 3 nitrogen and oxygen atoms in total. The molecule has 0 bridgehead atoms. The van der Waals surface area contributed by atoms with E-state index >= 15 is 0 Å². The Labute approximate surface area is 119 Å². The lowest BCUT2D eigenvalue weighted by molar-refractivity contribution is -0.131. The highest BCUT2D eigenvalue weighted by Gasteiger charge is 2.21. The van der Waals surface area contributed by atoms with Crippen molar-refractivity contribution in [1.82, 2.24) is 10.2 Å². The SMILES string of the molecule is CN(C(=O)Cc1ccc(F)cc1)C1CCNCC1.Cl. The molecule has 1 aromatic rings. The minimum atomic E-state index is -0.266. The number of nitrogens with one attached hydrogen (secondary N) is 1. The lowest BCUT2D eigenvalue weighted by Gasteiger charge is -2.31. The van der Waals surface area contributed by atoms with Crippen LogP contribution in [0.15, 0.2) is 24.3 Å². The van der Waals surface area contributed by atoms with Gasteiger partial charge in [-0.3, -0.25) is 4.79 Å². The molecule has 1 N–H and O–H groups in total. The van der Waals surface area contributed by atoms with Crippen molar-refractivity contribution in [2.24, 2.45) is 0 Å². The smallest absolute Gasteiger partial charge is 0.226 e. The first-order valence-electron chi connectivity index (χ1n) is 6.37. The highest BCUT2D eigenvalue weighted by molar-refractivity contribution is 5.85. The molecule has 1 aliphatic rings. The molecule has 0 atom stereocenters. The molecule has 106 valence electrons. The highest BCUT2D eigenvalue weighted by atomic mass is 35.5. The highest BCUT2D eigenvalue weighted by Crippen LogP contribution is 2.12. The van der Waals surface area contributed by atoms with E-state index in [4.69, 9.17) is 0 Å². The number of carbonyl (C=O) groups is 1. The predicted octanol–water partition coefficient (Wildman–Crippen LogP) is 2.00. The first-order valence-corrected chi connectivity index (χ1v) is 6.37. The molecule has 1 amide bonds. The van der Waals surface area contributed by atoms with Crippen molar-refractivity contribution in [1.29, 1.82) is 0 Å². The fraction of sp³-hybridized carbons (Fsp3) is 0.500. The van der Waals surface area contributed by atoms with Gasteiger partial charge in [0, 0.05) is 13.1 Å². The summed E-state index contributed by atoms with van der Waals surface area (Å²) >= 11 is 0. The average Bonchev–Trinajstić information content (AvgIpc) is 2.41. The van der Waals surface area contributed by atoms with Crippen LogP contribution in [0.2, 0.25) is 0 Å². The van der Waals surface area contributed by atoms with Gasteiger partial charge in [-0.1, -0.05) is 12.1 Å². The number of amides is 1. The molecule has 0 unspecified atom stereocenters. The van der Waals surface area contributed by atoms with E-state index in [0.717, 1.165) is 31.5 Å². The molecule has 2 rings (SSSR count). The summed E-state index contributed by atoms with van der Waals surface area (Å²) in [5.74, 6) is -0.161. The number of piperidine rings is 1. The maximum Gasteiger partial charge on any atom is 0.226 e. The summed E-state index contributed by atoms with van der Waals surface area (Å²) in [6.45, 7) is 1.94. The van der Waals surface area contributed by atoms with E-state index in [1.54, 1.807) is 12.1 Å². The molecule has 0 aromatic heterocycles. The maximum absolute atomic E-state index is 12.8. The van der Waals surface area contributed by atoms with Gasteiger partial charge in [0.05, 0.1) is 6.42 Å². The second kappa shape index (κ2) is 7.46. The van der Waals surface area contributed by atoms with Crippen LogP contribution in [-0.4, -0.2) is 37.0 Å². The zero-order chi connectivity index (χ0) is 13.0. The van der Waals surface area contributed by atoms with Crippen molar-refractivity contribution in [2.75, 3.05) is 20.1 Å². The number of likely N-dealkylation sites (N-methyl/N-ethyl adjacent to an activating group) is 1. The quantitative estimate of drug-likeness (QED) is 0.922. The van der Waals surface area contributed by atoms with Crippen LogP contribution in [0.1, 0.15) is 18.4 Å². The first-order chi connectivity index (χ1) is 8.66. The third-order valence-electron chi connectivity index (χ3n) is 3.52. The van der Waals surface area contributed by atoms with Crippen LogP contribution in [-0.2, 0) is 11.2 Å². The van der Waals surface area contributed by atoms with E-state index < -0.39 is 0 Å². The Morgan fingerprint density at radius 1 is 1.32 bits per heavy atom. The van der Waals surface area contributed by atoms with Gasteiger partial charge in [0.2, 0.25) is 5.91 Å². The van der Waals surface area contributed by atoms with Crippen molar-refractivity contribution >= 4 is 18.3 Å². The molecular formula is C14H20ClFN2O. The van der Waals surface area contributed by atoms with Gasteiger partial charge in [-0.2, -0.15) is 0 Å². The van der Waals surface area contributed by atoms with Crippen LogP contribution in [0.5, 0.6) is 0 Å². The van der Waals surface area contributed by atoms with Crippen LogP contribution >= 0.6 is 12.4 Å². The Morgan fingerprint density at radius 2 is 1.89 bits per heavy atom. The number of nitrogens with zero attached hydrogens (tertiary/aromatic N) is 1. The van der Waals surface area contributed by atoms with Crippen molar-refractivity contribution in [3.05, 3.63) is 35.6 Å². The molecule has 5 heteroatoms. The van der Waals surface area contributed by atoms with Gasteiger partial charge in [-0.25, -0.2) is 4.39 Å². The summed E-state index contributed by atoms with van der Waals surface area (Å²) in [6, 6.07) is 6.46. The molecule has 1 aliphatic heterocycles. The topological polar surface area (TPSA) is 32.3 Å². The molecular weight excluding hydrogens is 267 g/mol. The van der Waals surface area contributed by atoms with E-state index in [0.29, 0.717) is 12.5 Å². The maximum atomic E-state index is 12.8. The standard InChI is InChI=1S/C14H19FN2O.ClH/c1-17(13-6-8-16-9-7-13)14(18)10-11-2-4-12(15)5-3-11;/h2-5,13,16H,6-10H2,1H3;1H. The number of carbonyl (C=O) groups excluding carboxylic acids is 1. The van der Waals surface area contributed by atoms with Crippen molar-refractivity contribution in [2.45, 2.75) is 25.3 Å². The predicted molar refractivity (Wildman–Crippen MR) is 76.0 cm³/mol. The van der Waals surface area contributed by atoms with Gasteiger partial charge < -0.3 is 10.2 Å². The van der Waals surface area contributed by atoms with Gasteiger partial charge in [-0.15, -0.1) is 12.4 Å². The van der Waals surface area contributed by atoms with E-state index in [9.17, 15) is 9.18 Å². The lowest BCUT2D eigenvalue weighted by atomic mass is 10.0. The summed E-state index contributed by atoms with van der Waals surface area (Å²) in [5.41, 5.74) is 0.863.